The Kier molecular flexibility index (Phi) is 1.15. The lowest BCUT2D eigenvalue weighted by Gasteiger charge is -1.89. The van der Waals surface area contributed by atoms with Crippen molar-refractivity contribution in [3.05, 3.63) is 10.7 Å². The molecule has 0 atom stereocenters. The Hall–Kier alpha value is -0.310. The van der Waals surface area contributed by atoms with Crippen molar-refractivity contribution in [1.82, 2.24) is 5.32 Å². The first-order valence-corrected chi connectivity index (χ1v) is 3.12. The lowest BCUT2D eigenvalue weighted by atomic mass is 10.6. The molecule has 0 radical (unpaired) electrons. The zero-order valence-electron chi connectivity index (χ0n) is 4.19. The zero-order valence-corrected chi connectivity index (χ0v) is 5.01. The second-order valence-electron chi connectivity index (χ2n) is 1.44. The molecule has 1 heterocycles. The monoisotopic (exact) mass is 116 g/mol. The molecule has 2 nitrogen and oxygen atoms in total. The van der Waals surface area contributed by atoms with E-state index in [1.54, 1.807) is 11.8 Å². The summed E-state index contributed by atoms with van der Waals surface area (Å²) in [6.07, 6.45) is 0. The quantitative estimate of drug-likeness (QED) is 0.482. The van der Waals surface area contributed by atoms with Gasteiger partial charge in [-0.05, 0) is 6.92 Å². The van der Waals surface area contributed by atoms with Crippen molar-refractivity contribution in [3.8, 4) is 0 Å². The van der Waals surface area contributed by atoms with Crippen molar-refractivity contribution < 1.29 is 0 Å². The third-order valence-electron chi connectivity index (χ3n) is 0.931. The molecular weight excluding hydrogens is 108 g/mol. The van der Waals surface area contributed by atoms with Gasteiger partial charge in [0.2, 0.25) is 0 Å². The van der Waals surface area contributed by atoms with Crippen molar-refractivity contribution in [2.45, 2.75) is 6.92 Å². The second kappa shape index (κ2) is 1.66. The predicted molar refractivity (Wildman–Crippen MR) is 32.5 cm³/mol. The second-order valence-corrected chi connectivity index (χ2v) is 2.63. The van der Waals surface area contributed by atoms with Crippen LogP contribution in [0.15, 0.2) is 10.7 Å². The summed E-state index contributed by atoms with van der Waals surface area (Å²) in [7, 11) is 0. The van der Waals surface area contributed by atoms with Crippen molar-refractivity contribution in [1.29, 1.82) is 0 Å². The van der Waals surface area contributed by atoms with E-state index >= 15 is 0 Å². The molecule has 0 aromatic rings. The van der Waals surface area contributed by atoms with Gasteiger partial charge in [0, 0.05) is 4.91 Å². The molecule has 3 N–H and O–H groups in total. The maximum atomic E-state index is 5.43. The summed E-state index contributed by atoms with van der Waals surface area (Å²) in [4.78, 5) is 1.21. The highest BCUT2D eigenvalue weighted by atomic mass is 32.2. The molecule has 0 amide bonds. The molecule has 0 spiro atoms. The average Bonchev–Trinajstić information content (AvgIpc) is 1.91. The summed E-state index contributed by atoms with van der Waals surface area (Å²) in [5, 5.41) is 2.99. The summed E-state index contributed by atoms with van der Waals surface area (Å²) in [6.45, 7) is 2.01. The first-order valence-electron chi connectivity index (χ1n) is 2.14. The van der Waals surface area contributed by atoms with Crippen LogP contribution in [0.4, 0.5) is 0 Å². The van der Waals surface area contributed by atoms with E-state index < -0.39 is 0 Å². The Morgan fingerprint density at radius 3 is 2.71 bits per heavy atom. The molecule has 40 valence electrons. The Morgan fingerprint density at radius 1 is 1.86 bits per heavy atom. The minimum absolute atomic E-state index is 0.838. The van der Waals surface area contributed by atoms with E-state index in [9.17, 15) is 0 Å². The first kappa shape index (κ1) is 4.84. The lowest BCUT2D eigenvalue weighted by molar-refractivity contribution is 0.951. The van der Waals surface area contributed by atoms with Gasteiger partial charge in [0.05, 0.1) is 5.88 Å². The number of nitrogens with one attached hydrogen (secondary N) is 1. The van der Waals surface area contributed by atoms with Gasteiger partial charge in [0.25, 0.3) is 0 Å². The van der Waals surface area contributed by atoms with Crippen LogP contribution in [0.3, 0.4) is 0 Å². The number of hydrogen-bond donors (Lipinski definition) is 2. The Morgan fingerprint density at radius 2 is 2.57 bits per heavy atom. The first-order chi connectivity index (χ1) is 3.30. The molecule has 0 saturated carbocycles. The highest BCUT2D eigenvalue weighted by molar-refractivity contribution is 8.03. The molecule has 0 aliphatic carbocycles. The number of allylic oxidation sites excluding steroid dienone is 1. The van der Waals surface area contributed by atoms with Gasteiger partial charge >= 0.3 is 0 Å². The fourth-order valence-corrected chi connectivity index (χ4v) is 1.10. The van der Waals surface area contributed by atoms with E-state index in [1.165, 1.54) is 4.91 Å². The van der Waals surface area contributed by atoms with Crippen molar-refractivity contribution >= 4 is 11.8 Å². The van der Waals surface area contributed by atoms with Crippen LogP contribution in [0.2, 0.25) is 0 Å². The van der Waals surface area contributed by atoms with Gasteiger partial charge < -0.3 is 11.1 Å². The zero-order chi connectivity index (χ0) is 5.28. The van der Waals surface area contributed by atoms with Crippen LogP contribution < -0.4 is 11.1 Å². The van der Waals surface area contributed by atoms with Gasteiger partial charge in [0.15, 0.2) is 0 Å². The summed E-state index contributed by atoms with van der Waals surface area (Å²) >= 11 is 1.75. The van der Waals surface area contributed by atoms with Crippen LogP contribution in [0.25, 0.3) is 0 Å². The van der Waals surface area contributed by atoms with Crippen LogP contribution in [-0.4, -0.2) is 5.88 Å². The number of nitrogens with two attached hydrogens (primary N) is 1. The topological polar surface area (TPSA) is 38.0 Å². The fraction of sp³-hybridized carbons (Fsp3) is 0.500. The van der Waals surface area contributed by atoms with Gasteiger partial charge in [-0.25, -0.2) is 0 Å². The number of thioether (sulfide) groups is 1. The minimum atomic E-state index is 0.838. The van der Waals surface area contributed by atoms with Gasteiger partial charge in [-0.1, -0.05) is 0 Å². The van der Waals surface area contributed by atoms with Gasteiger partial charge in [-0.15, -0.1) is 11.8 Å². The summed E-state index contributed by atoms with van der Waals surface area (Å²) in [5.74, 6) is 1.78. The maximum absolute atomic E-state index is 5.43. The normalized spacial score (nSPS) is 20.1. The van der Waals surface area contributed by atoms with Crippen LogP contribution in [0.1, 0.15) is 6.92 Å². The summed E-state index contributed by atoms with van der Waals surface area (Å²) < 4.78 is 0. The number of rotatable bonds is 0. The van der Waals surface area contributed by atoms with Crippen molar-refractivity contribution in [2.75, 3.05) is 5.88 Å². The van der Waals surface area contributed by atoms with E-state index in [0.717, 1.165) is 11.7 Å². The fourth-order valence-electron chi connectivity index (χ4n) is 0.424. The standard InChI is InChI=1S/C4H8N2S/c1-3-4(5)6-2-7-3/h6H,2,5H2,1H3. The largest absolute Gasteiger partial charge is 0.385 e. The summed E-state index contributed by atoms with van der Waals surface area (Å²) in [6, 6.07) is 0. The van der Waals surface area contributed by atoms with Crippen molar-refractivity contribution in [3.63, 3.8) is 0 Å². The molecule has 1 aliphatic rings. The van der Waals surface area contributed by atoms with Crippen LogP contribution in [-0.2, 0) is 0 Å². The van der Waals surface area contributed by atoms with Crippen LogP contribution in [0.5, 0.6) is 0 Å². The van der Waals surface area contributed by atoms with Crippen LogP contribution in [0, 0.1) is 0 Å². The average molecular weight is 116 g/mol. The molecule has 0 bridgehead atoms. The highest BCUT2D eigenvalue weighted by Crippen LogP contribution is 2.19. The smallest absolute Gasteiger partial charge is 0.106 e. The molecule has 1 aliphatic heterocycles. The van der Waals surface area contributed by atoms with Gasteiger partial charge in [-0.3, -0.25) is 0 Å². The molecule has 0 fully saturated rings. The minimum Gasteiger partial charge on any atom is -0.385 e. The van der Waals surface area contributed by atoms with E-state index in [4.69, 9.17) is 5.73 Å². The molecule has 1 rings (SSSR count). The Balaban J connectivity index is 2.64. The SMILES string of the molecule is CC1=C(N)NCS1. The van der Waals surface area contributed by atoms with Crippen LogP contribution >= 0.6 is 11.8 Å². The molecule has 0 unspecified atom stereocenters. The summed E-state index contributed by atoms with van der Waals surface area (Å²) in [5.41, 5.74) is 5.43. The highest BCUT2D eigenvalue weighted by Gasteiger charge is 2.03. The molecule has 0 saturated heterocycles. The molecule has 7 heavy (non-hydrogen) atoms. The van der Waals surface area contributed by atoms with Gasteiger partial charge in [-0.2, -0.15) is 0 Å². The molecular formula is C4H8N2S. The van der Waals surface area contributed by atoms with E-state index in [-0.39, 0.29) is 0 Å². The molecule has 3 heteroatoms. The van der Waals surface area contributed by atoms with E-state index in [1.807, 2.05) is 6.92 Å². The Bertz CT molecular complexity index is 96.3. The Labute approximate surface area is 47.2 Å². The predicted octanol–water partition coefficient (Wildman–Crippen LogP) is 0.428. The number of hydrogen-bond acceptors (Lipinski definition) is 3. The maximum Gasteiger partial charge on any atom is 0.106 e. The third kappa shape index (κ3) is 0.825. The van der Waals surface area contributed by atoms with E-state index in [0.29, 0.717) is 0 Å². The lowest BCUT2D eigenvalue weighted by Crippen LogP contribution is -2.13. The third-order valence-corrected chi connectivity index (χ3v) is 1.87. The van der Waals surface area contributed by atoms with Crippen molar-refractivity contribution in [2.24, 2.45) is 5.73 Å². The molecule has 0 aromatic heterocycles. The van der Waals surface area contributed by atoms with E-state index in [2.05, 4.69) is 5.32 Å². The van der Waals surface area contributed by atoms with Gasteiger partial charge in [0.1, 0.15) is 5.82 Å². The molecule has 0 aromatic carbocycles.